The van der Waals surface area contributed by atoms with Crippen LogP contribution in [0.2, 0.25) is 0 Å². The predicted octanol–water partition coefficient (Wildman–Crippen LogP) is 12.2. The number of allylic oxidation sites excluding steroid dienone is 3. The summed E-state index contributed by atoms with van der Waals surface area (Å²) in [7, 11) is -4.46. The van der Waals surface area contributed by atoms with E-state index in [4.69, 9.17) is 29.9 Å². The van der Waals surface area contributed by atoms with Crippen LogP contribution in [-0.4, -0.2) is 43.4 Å². The van der Waals surface area contributed by atoms with E-state index >= 15 is 4.57 Å². The summed E-state index contributed by atoms with van der Waals surface area (Å²) in [6.07, 6.45) is 8.01. The van der Waals surface area contributed by atoms with E-state index < -0.39 is 7.29 Å². The molecule has 0 radical (unpaired) electrons. The van der Waals surface area contributed by atoms with Gasteiger partial charge in [0, 0.05) is 49.3 Å². The van der Waals surface area contributed by atoms with Crippen LogP contribution in [-0.2, 0) is 4.57 Å². The van der Waals surface area contributed by atoms with E-state index in [1.807, 2.05) is 173 Å². The van der Waals surface area contributed by atoms with Crippen molar-refractivity contribution < 1.29 is 4.57 Å². The maximum Gasteiger partial charge on any atom is 0.306 e. The molecule has 67 heavy (non-hydrogen) atoms. The highest BCUT2D eigenvalue weighted by Crippen LogP contribution is 2.49. The Labute approximate surface area is 385 Å². The molecule has 12 aromatic rings. The maximum absolute atomic E-state index is 17.9. The Kier molecular flexibility index (Phi) is 9.62. The number of para-hydroxylation sites is 5. The van der Waals surface area contributed by atoms with Gasteiger partial charge in [-0.1, -0.05) is 176 Å². The minimum Gasteiger partial charge on any atom is -0.283 e. The Morgan fingerprint density at radius 3 is 1.21 bits per heavy atom. The summed E-state index contributed by atoms with van der Waals surface area (Å²) in [5.74, 6) is 1.32. The third-order valence-corrected chi connectivity index (χ3v) is 14.9. The van der Waals surface area contributed by atoms with Gasteiger partial charge in [0.1, 0.15) is 0 Å². The van der Waals surface area contributed by atoms with Gasteiger partial charge in [0.15, 0.2) is 11.6 Å². The van der Waals surface area contributed by atoms with Crippen LogP contribution in [0.5, 0.6) is 0 Å². The van der Waals surface area contributed by atoms with Gasteiger partial charge in [-0.2, -0.15) is 19.9 Å². The first-order valence-corrected chi connectivity index (χ1v) is 23.8. The van der Waals surface area contributed by atoms with Crippen molar-refractivity contribution in [3.05, 3.63) is 211 Å². The van der Waals surface area contributed by atoms with Crippen molar-refractivity contribution in [3.63, 3.8) is 0 Å². The lowest BCUT2D eigenvalue weighted by molar-refractivity contribution is 0.578. The van der Waals surface area contributed by atoms with Crippen molar-refractivity contribution >= 4 is 79.0 Å². The third-order valence-electron chi connectivity index (χ3n) is 12.4. The largest absolute Gasteiger partial charge is 0.306 e. The summed E-state index contributed by atoms with van der Waals surface area (Å²) in [5, 5.41) is 5.05. The van der Waals surface area contributed by atoms with Crippen LogP contribution < -0.4 is 11.1 Å². The van der Waals surface area contributed by atoms with Crippen LogP contribution in [0, 0.1) is 6.92 Å². The van der Waals surface area contributed by atoms with Crippen molar-refractivity contribution in [1.82, 2.24) is 43.4 Å². The van der Waals surface area contributed by atoms with E-state index in [1.54, 1.807) is 0 Å². The van der Waals surface area contributed by atoms with E-state index in [-0.39, 0.29) is 11.1 Å². The second kappa shape index (κ2) is 16.1. The predicted molar refractivity (Wildman–Crippen MR) is 272 cm³/mol. The summed E-state index contributed by atoms with van der Waals surface area (Å²) in [4.78, 5) is 31.7. The smallest absolute Gasteiger partial charge is 0.283 e. The van der Waals surface area contributed by atoms with Crippen molar-refractivity contribution in [2.24, 2.45) is 0 Å². The zero-order valence-corrected chi connectivity index (χ0v) is 37.4. The first-order valence-electron chi connectivity index (χ1n) is 22.1. The van der Waals surface area contributed by atoms with Gasteiger partial charge in [-0.25, -0.2) is 9.97 Å². The Morgan fingerprint density at radius 1 is 0.418 bits per heavy atom. The number of hydrogen-bond donors (Lipinski definition) is 0. The van der Waals surface area contributed by atoms with Crippen LogP contribution in [0.15, 0.2) is 200 Å². The molecule has 0 aliphatic heterocycles. The van der Waals surface area contributed by atoms with Crippen LogP contribution in [0.1, 0.15) is 18.2 Å². The summed E-state index contributed by atoms with van der Waals surface area (Å²) in [6, 6.07) is 60.3. The molecule has 0 N–H and O–H groups in total. The molecule has 0 aliphatic rings. The fourth-order valence-electron chi connectivity index (χ4n) is 9.37. The van der Waals surface area contributed by atoms with Gasteiger partial charge in [-0.05, 0) is 44.2 Å². The van der Waals surface area contributed by atoms with Crippen LogP contribution in [0.4, 0.5) is 0 Å². The van der Waals surface area contributed by atoms with Gasteiger partial charge in [0.05, 0.1) is 27.6 Å². The molecule has 320 valence electrons. The zero-order chi connectivity index (χ0) is 45.1. The molecule has 0 amide bonds. The number of hydrogen-bond acceptors (Lipinski definition) is 7. The summed E-state index contributed by atoms with van der Waals surface area (Å²) < 4.78 is 23.8. The molecule has 0 atom stereocenters. The summed E-state index contributed by atoms with van der Waals surface area (Å²) in [6.45, 7) is 3.97. The molecule has 7 aromatic carbocycles. The Hall–Kier alpha value is -8.59. The van der Waals surface area contributed by atoms with Crippen molar-refractivity contribution in [3.8, 4) is 34.7 Å². The van der Waals surface area contributed by atoms with Crippen LogP contribution >= 0.6 is 7.29 Å². The van der Waals surface area contributed by atoms with Crippen molar-refractivity contribution in [2.75, 3.05) is 0 Å². The van der Waals surface area contributed by atoms with Gasteiger partial charge in [-0.15, -0.1) is 0 Å². The SMILES string of the molecule is C/C=C\C=C/c1c(C)n(P(=O)(c2nc(-c3ccccc3)nc(-n3c4ccccc4c4ccccc43)n2)c2nc(-c3ccccc3)nc(-n3c4ccccc4c4ccccc43)n2)c2ccccc12. The minimum atomic E-state index is -4.46. The molecule has 0 bridgehead atoms. The molecular weight excluding hydrogens is 846 g/mol. The van der Waals surface area contributed by atoms with Crippen LogP contribution in [0.3, 0.4) is 0 Å². The van der Waals surface area contributed by atoms with E-state index in [0.29, 0.717) is 29.1 Å². The molecule has 0 unspecified atom stereocenters. The fraction of sp³-hybridized carbons (Fsp3) is 0.0357. The number of nitrogens with zero attached hydrogens (tertiary/aromatic N) is 9. The van der Waals surface area contributed by atoms with E-state index in [2.05, 4.69) is 60.7 Å². The fourth-order valence-corrected chi connectivity index (χ4v) is 11.8. The Balaban J connectivity index is 1.25. The second-order valence-electron chi connectivity index (χ2n) is 16.3. The Bertz CT molecular complexity index is 3690. The highest BCUT2D eigenvalue weighted by Gasteiger charge is 2.42. The first kappa shape index (κ1) is 40.0. The van der Waals surface area contributed by atoms with Crippen LogP contribution in [0.25, 0.3) is 95.3 Å². The zero-order valence-electron chi connectivity index (χ0n) is 36.5. The standard InChI is InChI=1S/C56H40N9OP/c1-3-4-7-26-40-37(2)65(50-36-21-16-27-41(40)50)67(66,55-59-51(38-22-8-5-9-23-38)57-53(61-55)63-46-32-17-12-28-42(46)43-29-13-18-33-47(43)63)56-60-52(39-24-10-6-11-25-39)58-54(62-56)64-48-34-19-14-30-44(48)45-31-15-20-35-49(45)64/h3-36H,1-2H3/b4-3-,26-7-. The minimum absolute atomic E-state index is 0.0180. The lowest BCUT2D eigenvalue weighted by atomic mass is 10.1. The van der Waals surface area contributed by atoms with E-state index in [1.165, 1.54) is 0 Å². The average molecular weight is 886 g/mol. The molecule has 11 heteroatoms. The van der Waals surface area contributed by atoms with Gasteiger partial charge >= 0.3 is 7.29 Å². The third kappa shape index (κ3) is 6.44. The molecule has 0 aliphatic carbocycles. The lowest BCUT2D eigenvalue weighted by Gasteiger charge is -2.22. The first-order chi connectivity index (χ1) is 33.0. The monoisotopic (exact) mass is 885 g/mol. The Morgan fingerprint density at radius 2 is 0.791 bits per heavy atom. The molecule has 0 saturated heterocycles. The van der Waals surface area contributed by atoms with E-state index in [9.17, 15) is 0 Å². The van der Waals surface area contributed by atoms with Crippen molar-refractivity contribution in [2.45, 2.75) is 13.8 Å². The van der Waals surface area contributed by atoms with Gasteiger partial charge < -0.3 is 0 Å². The molecule has 10 nitrogen and oxygen atoms in total. The molecule has 5 heterocycles. The molecule has 5 aromatic heterocycles. The topological polar surface area (TPSA) is 109 Å². The molecule has 0 fully saturated rings. The molecular formula is C56H40N9OP. The molecule has 12 rings (SSSR count). The molecule has 0 spiro atoms. The quantitative estimate of drug-likeness (QED) is 0.105. The number of aromatic nitrogens is 9. The second-order valence-corrected chi connectivity index (χ2v) is 18.6. The number of fused-ring (bicyclic) bond motifs is 7. The van der Waals surface area contributed by atoms with Crippen molar-refractivity contribution in [1.29, 1.82) is 0 Å². The van der Waals surface area contributed by atoms with E-state index in [0.717, 1.165) is 71.4 Å². The van der Waals surface area contributed by atoms with Gasteiger partial charge in [0.2, 0.25) is 23.0 Å². The highest BCUT2D eigenvalue weighted by molar-refractivity contribution is 7.76. The average Bonchev–Trinajstić information content (AvgIpc) is 4.01. The summed E-state index contributed by atoms with van der Waals surface area (Å²) >= 11 is 0. The molecule has 0 saturated carbocycles. The van der Waals surface area contributed by atoms with Gasteiger partial charge in [-0.3, -0.25) is 18.0 Å². The lowest BCUT2D eigenvalue weighted by Crippen LogP contribution is -2.33. The highest BCUT2D eigenvalue weighted by atomic mass is 31.2. The number of rotatable bonds is 9. The normalized spacial score (nSPS) is 12.3. The van der Waals surface area contributed by atoms with Gasteiger partial charge in [0.25, 0.3) is 0 Å². The summed E-state index contributed by atoms with van der Waals surface area (Å²) in [5.41, 5.74) is 7.42. The number of benzene rings is 7. The maximum atomic E-state index is 17.9.